The van der Waals surface area contributed by atoms with Gasteiger partial charge in [0.15, 0.2) is 0 Å². The SMILES string of the molecule is OCC1(CNCc2cc(F)ccc2O)CCCCC1. The Hall–Kier alpha value is -1.13. The molecule has 2 rings (SSSR count). The highest BCUT2D eigenvalue weighted by Gasteiger charge is 2.30. The quantitative estimate of drug-likeness (QED) is 0.768. The van der Waals surface area contributed by atoms with E-state index in [0.717, 1.165) is 25.7 Å². The second-order valence-electron chi connectivity index (χ2n) is 5.60. The van der Waals surface area contributed by atoms with Crippen LogP contribution in [0.1, 0.15) is 37.7 Å². The van der Waals surface area contributed by atoms with Crippen LogP contribution in [0.3, 0.4) is 0 Å². The van der Waals surface area contributed by atoms with Crippen LogP contribution in [0, 0.1) is 11.2 Å². The van der Waals surface area contributed by atoms with Crippen molar-refractivity contribution in [2.75, 3.05) is 13.2 Å². The third-order valence-electron chi connectivity index (χ3n) is 4.11. The van der Waals surface area contributed by atoms with Gasteiger partial charge in [0, 0.05) is 30.7 Å². The number of aromatic hydroxyl groups is 1. The van der Waals surface area contributed by atoms with Crippen molar-refractivity contribution in [3.05, 3.63) is 29.6 Å². The van der Waals surface area contributed by atoms with E-state index in [1.807, 2.05) is 0 Å². The van der Waals surface area contributed by atoms with E-state index in [4.69, 9.17) is 0 Å². The van der Waals surface area contributed by atoms with E-state index < -0.39 is 0 Å². The fourth-order valence-electron chi connectivity index (χ4n) is 2.85. The maximum absolute atomic E-state index is 13.1. The number of rotatable bonds is 5. The van der Waals surface area contributed by atoms with Crippen LogP contribution < -0.4 is 5.32 Å². The summed E-state index contributed by atoms with van der Waals surface area (Å²) in [6.07, 6.45) is 5.63. The Kier molecular flexibility index (Phi) is 4.77. The summed E-state index contributed by atoms with van der Waals surface area (Å²) in [5, 5.41) is 22.5. The molecule has 1 fully saturated rings. The van der Waals surface area contributed by atoms with Gasteiger partial charge in [0.2, 0.25) is 0 Å². The zero-order valence-corrected chi connectivity index (χ0v) is 11.2. The largest absolute Gasteiger partial charge is 0.508 e. The predicted octanol–water partition coefficient (Wildman–Crippen LogP) is 2.56. The molecule has 0 aromatic heterocycles. The molecule has 1 aromatic rings. The van der Waals surface area contributed by atoms with Crippen LogP contribution >= 0.6 is 0 Å². The summed E-state index contributed by atoms with van der Waals surface area (Å²) in [6.45, 7) is 1.32. The molecule has 0 aliphatic heterocycles. The van der Waals surface area contributed by atoms with E-state index in [9.17, 15) is 14.6 Å². The van der Waals surface area contributed by atoms with E-state index in [-0.39, 0.29) is 23.6 Å². The summed E-state index contributed by atoms with van der Waals surface area (Å²) >= 11 is 0. The first-order chi connectivity index (χ1) is 9.15. The molecule has 0 heterocycles. The highest BCUT2D eigenvalue weighted by Crippen LogP contribution is 2.35. The van der Waals surface area contributed by atoms with Crippen molar-refractivity contribution in [3.63, 3.8) is 0 Å². The van der Waals surface area contributed by atoms with Crippen molar-refractivity contribution in [3.8, 4) is 5.75 Å². The summed E-state index contributed by atoms with van der Waals surface area (Å²) < 4.78 is 13.1. The van der Waals surface area contributed by atoms with Crippen LogP contribution in [0.15, 0.2) is 18.2 Å². The van der Waals surface area contributed by atoms with Crippen LogP contribution in [-0.2, 0) is 6.54 Å². The number of phenols is 1. The van der Waals surface area contributed by atoms with Gasteiger partial charge >= 0.3 is 0 Å². The van der Waals surface area contributed by atoms with E-state index >= 15 is 0 Å². The van der Waals surface area contributed by atoms with Crippen molar-refractivity contribution in [1.29, 1.82) is 0 Å². The molecule has 0 spiro atoms. The van der Waals surface area contributed by atoms with Gasteiger partial charge in [-0.3, -0.25) is 0 Å². The molecule has 1 aliphatic carbocycles. The molecule has 0 unspecified atom stereocenters. The summed E-state index contributed by atoms with van der Waals surface area (Å²) in [5.74, 6) is -0.236. The van der Waals surface area contributed by atoms with Gasteiger partial charge in [-0.2, -0.15) is 0 Å². The fraction of sp³-hybridized carbons (Fsp3) is 0.600. The van der Waals surface area contributed by atoms with E-state index in [1.54, 1.807) is 0 Å². The second kappa shape index (κ2) is 6.35. The van der Waals surface area contributed by atoms with Crippen molar-refractivity contribution in [2.45, 2.75) is 38.6 Å². The Balaban J connectivity index is 1.90. The molecular weight excluding hydrogens is 245 g/mol. The Morgan fingerprint density at radius 1 is 1.21 bits per heavy atom. The molecule has 1 aromatic carbocycles. The average Bonchev–Trinajstić information content (AvgIpc) is 2.44. The molecule has 3 nitrogen and oxygen atoms in total. The number of aliphatic hydroxyl groups is 1. The smallest absolute Gasteiger partial charge is 0.123 e. The average molecular weight is 267 g/mol. The van der Waals surface area contributed by atoms with E-state index in [2.05, 4.69) is 5.32 Å². The zero-order valence-electron chi connectivity index (χ0n) is 11.2. The normalized spacial score (nSPS) is 18.4. The van der Waals surface area contributed by atoms with Crippen LogP contribution in [0.2, 0.25) is 0 Å². The lowest BCUT2D eigenvalue weighted by atomic mass is 9.74. The Bertz CT molecular complexity index is 417. The van der Waals surface area contributed by atoms with Crippen LogP contribution in [0.4, 0.5) is 4.39 Å². The second-order valence-corrected chi connectivity index (χ2v) is 5.60. The molecule has 0 radical (unpaired) electrons. The standard InChI is InChI=1S/C15H22FNO2/c16-13-4-5-14(19)12(8-13)9-17-10-15(11-18)6-2-1-3-7-15/h4-5,8,17-19H,1-3,6-7,9-11H2. The molecule has 0 amide bonds. The first-order valence-corrected chi connectivity index (χ1v) is 6.94. The minimum absolute atomic E-state index is 0.0405. The Morgan fingerprint density at radius 2 is 1.95 bits per heavy atom. The number of hydrogen-bond donors (Lipinski definition) is 3. The van der Waals surface area contributed by atoms with Crippen molar-refractivity contribution in [2.24, 2.45) is 5.41 Å². The van der Waals surface area contributed by atoms with Crippen LogP contribution in [-0.4, -0.2) is 23.4 Å². The summed E-state index contributed by atoms with van der Waals surface area (Å²) in [6, 6.07) is 3.96. The molecule has 106 valence electrons. The highest BCUT2D eigenvalue weighted by atomic mass is 19.1. The number of nitrogens with one attached hydrogen (secondary N) is 1. The molecule has 4 heteroatoms. The van der Waals surface area contributed by atoms with Crippen molar-refractivity contribution >= 4 is 0 Å². The van der Waals surface area contributed by atoms with Gasteiger partial charge < -0.3 is 15.5 Å². The first kappa shape index (κ1) is 14.3. The van der Waals surface area contributed by atoms with Crippen molar-refractivity contribution in [1.82, 2.24) is 5.32 Å². The molecule has 0 atom stereocenters. The first-order valence-electron chi connectivity index (χ1n) is 6.94. The van der Waals surface area contributed by atoms with Gasteiger partial charge in [-0.25, -0.2) is 4.39 Å². The van der Waals surface area contributed by atoms with Crippen LogP contribution in [0.5, 0.6) is 5.75 Å². The number of aliphatic hydroxyl groups excluding tert-OH is 1. The maximum Gasteiger partial charge on any atom is 0.123 e. The Labute approximate surface area is 113 Å². The van der Waals surface area contributed by atoms with Gasteiger partial charge in [-0.1, -0.05) is 19.3 Å². The monoisotopic (exact) mass is 267 g/mol. The van der Waals surface area contributed by atoms with Gasteiger partial charge in [-0.05, 0) is 31.0 Å². The molecule has 3 N–H and O–H groups in total. The van der Waals surface area contributed by atoms with Gasteiger partial charge in [0.05, 0.1) is 0 Å². The van der Waals surface area contributed by atoms with Gasteiger partial charge in [-0.15, -0.1) is 0 Å². The number of benzene rings is 1. The summed E-state index contributed by atoms with van der Waals surface area (Å²) in [7, 11) is 0. The summed E-state index contributed by atoms with van der Waals surface area (Å²) in [4.78, 5) is 0. The minimum atomic E-state index is -0.343. The maximum atomic E-state index is 13.1. The fourth-order valence-corrected chi connectivity index (χ4v) is 2.85. The van der Waals surface area contributed by atoms with E-state index in [1.165, 1.54) is 24.6 Å². The minimum Gasteiger partial charge on any atom is -0.508 e. The zero-order chi connectivity index (χ0) is 13.7. The van der Waals surface area contributed by atoms with Crippen molar-refractivity contribution < 1.29 is 14.6 Å². The molecule has 0 saturated heterocycles. The molecule has 1 aliphatic rings. The van der Waals surface area contributed by atoms with Gasteiger partial charge in [0.25, 0.3) is 0 Å². The highest BCUT2D eigenvalue weighted by molar-refractivity contribution is 5.32. The predicted molar refractivity (Wildman–Crippen MR) is 72.4 cm³/mol. The van der Waals surface area contributed by atoms with E-state index in [0.29, 0.717) is 18.7 Å². The lowest BCUT2D eigenvalue weighted by Gasteiger charge is -2.35. The van der Waals surface area contributed by atoms with Crippen LogP contribution in [0.25, 0.3) is 0 Å². The number of phenolic OH excluding ortho intramolecular Hbond substituents is 1. The topological polar surface area (TPSA) is 52.5 Å². The molecular formula is C15H22FNO2. The summed E-state index contributed by atoms with van der Waals surface area (Å²) in [5.41, 5.74) is 0.519. The molecule has 19 heavy (non-hydrogen) atoms. The molecule has 0 bridgehead atoms. The number of hydrogen-bond acceptors (Lipinski definition) is 3. The number of halogens is 1. The third-order valence-corrected chi connectivity index (χ3v) is 4.11. The lowest BCUT2D eigenvalue weighted by molar-refractivity contribution is 0.0810. The third kappa shape index (κ3) is 3.67. The Morgan fingerprint density at radius 3 is 2.63 bits per heavy atom. The molecule has 1 saturated carbocycles. The van der Waals surface area contributed by atoms with Gasteiger partial charge in [0.1, 0.15) is 11.6 Å². The lowest BCUT2D eigenvalue weighted by Crippen LogP contribution is -2.38.